The highest BCUT2D eigenvalue weighted by Gasteiger charge is 2.31. The Labute approximate surface area is 112 Å². The second kappa shape index (κ2) is 6.65. The maximum Gasteiger partial charge on any atom is 0.573 e. The van der Waals surface area contributed by atoms with Crippen LogP contribution in [0.4, 0.5) is 13.2 Å². The van der Waals surface area contributed by atoms with Gasteiger partial charge in [0, 0.05) is 11.4 Å². The number of carbonyl (C=O) groups is 1. The molecule has 0 saturated heterocycles. The van der Waals surface area contributed by atoms with Crippen molar-refractivity contribution in [1.29, 1.82) is 0 Å². The van der Waals surface area contributed by atoms with Crippen molar-refractivity contribution in [2.45, 2.75) is 32.0 Å². The Morgan fingerprint density at radius 2 is 2.00 bits per heavy atom. The summed E-state index contributed by atoms with van der Waals surface area (Å²) in [5, 5.41) is 8.64. The molecule has 0 unspecified atom stereocenters. The molecule has 1 aromatic rings. The number of unbranched alkanes of at least 4 members (excludes halogenated alkanes) is 1. The second-order valence-electron chi connectivity index (χ2n) is 3.90. The molecule has 0 aromatic heterocycles. The monoisotopic (exact) mass is 296 g/mol. The topological polar surface area (TPSA) is 46.5 Å². The van der Waals surface area contributed by atoms with Gasteiger partial charge in [-0.1, -0.05) is 17.7 Å². The average Bonchev–Trinajstić information content (AvgIpc) is 2.24. The molecule has 0 spiro atoms. The first-order valence-corrected chi connectivity index (χ1v) is 5.92. The molecule has 0 atom stereocenters. The fourth-order valence-electron chi connectivity index (χ4n) is 1.52. The maximum atomic E-state index is 12.0. The van der Waals surface area contributed by atoms with Crippen LogP contribution in [0.25, 0.3) is 0 Å². The molecule has 3 nitrogen and oxygen atoms in total. The Hall–Kier alpha value is -1.43. The van der Waals surface area contributed by atoms with Crippen LogP contribution in [0.2, 0.25) is 5.02 Å². The Balaban J connectivity index is 2.55. The molecule has 7 heteroatoms. The molecule has 1 N–H and O–H groups in total. The predicted molar refractivity (Wildman–Crippen MR) is 63.3 cm³/mol. The molecule has 0 aliphatic carbocycles. The van der Waals surface area contributed by atoms with Gasteiger partial charge in [0.2, 0.25) is 0 Å². The van der Waals surface area contributed by atoms with Crippen molar-refractivity contribution in [1.82, 2.24) is 0 Å². The number of halogens is 4. The Morgan fingerprint density at radius 3 is 2.53 bits per heavy atom. The smallest absolute Gasteiger partial charge is 0.481 e. The molecule has 0 bridgehead atoms. The van der Waals surface area contributed by atoms with E-state index in [9.17, 15) is 18.0 Å². The molecule has 1 aromatic carbocycles. The van der Waals surface area contributed by atoms with Crippen LogP contribution in [0.3, 0.4) is 0 Å². The lowest BCUT2D eigenvalue weighted by Gasteiger charge is -2.10. The van der Waals surface area contributed by atoms with Gasteiger partial charge in [0.05, 0.1) is 0 Å². The minimum Gasteiger partial charge on any atom is -0.481 e. The second-order valence-corrected chi connectivity index (χ2v) is 4.31. The van der Waals surface area contributed by atoms with Crippen LogP contribution in [-0.4, -0.2) is 17.4 Å². The molecule has 0 heterocycles. The van der Waals surface area contributed by atoms with E-state index in [4.69, 9.17) is 16.7 Å². The predicted octanol–water partition coefficient (Wildman–Crippen LogP) is 4.04. The molecular weight excluding hydrogens is 285 g/mol. The quantitative estimate of drug-likeness (QED) is 0.806. The molecular formula is C12H12ClF3O3. The van der Waals surface area contributed by atoms with Crippen LogP contribution in [0.5, 0.6) is 5.75 Å². The summed E-state index contributed by atoms with van der Waals surface area (Å²) in [6.07, 6.45) is -3.07. The average molecular weight is 297 g/mol. The summed E-state index contributed by atoms with van der Waals surface area (Å²) in [5.41, 5.74) is 0.668. The minimum atomic E-state index is -4.74. The van der Waals surface area contributed by atoms with E-state index in [0.29, 0.717) is 24.8 Å². The number of carboxylic acid groups (broad SMARTS) is 1. The van der Waals surface area contributed by atoms with Gasteiger partial charge in [-0.3, -0.25) is 4.79 Å². The number of aryl methyl sites for hydroxylation is 1. The van der Waals surface area contributed by atoms with Crippen LogP contribution >= 0.6 is 11.6 Å². The lowest BCUT2D eigenvalue weighted by atomic mass is 10.1. The van der Waals surface area contributed by atoms with Crippen LogP contribution in [0, 0.1) is 0 Å². The van der Waals surface area contributed by atoms with Crippen molar-refractivity contribution >= 4 is 17.6 Å². The Kier molecular flexibility index (Phi) is 5.47. The summed E-state index contributed by atoms with van der Waals surface area (Å²) in [6.45, 7) is 0. The van der Waals surface area contributed by atoms with Crippen LogP contribution in [0.1, 0.15) is 24.8 Å². The normalized spacial score (nSPS) is 11.4. The van der Waals surface area contributed by atoms with Gasteiger partial charge in [0.25, 0.3) is 0 Å². The van der Waals surface area contributed by atoms with Gasteiger partial charge in [-0.2, -0.15) is 0 Å². The summed E-state index contributed by atoms with van der Waals surface area (Å²) in [4.78, 5) is 10.3. The number of benzene rings is 1. The zero-order chi connectivity index (χ0) is 14.5. The van der Waals surface area contributed by atoms with E-state index in [1.807, 2.05) is 0 Å². The fourth-order valence-corrected chi connectivity index (χ4v) is 1.78. The highest BCUT2D eigenvalue weighted by Crippen LogP contribution is 2.28. The molecule has 1 rings (SSSR count). The van der Waals surface area contributed by atoms with E-state index in [1.165, 1.54) is 12.1 Å². The molecule has 0 saturated carbocycles. The third-order valence-electron chi connectivity index (χ3n) is 2.34. The summed E-state index contributed by atoms with van der Waals surface area (Å²) in [5.74, 6) is -1.24. The standard InChI is InChI=1S/C12H12ClF3O3/c13-10-7-9(19-12(14,15)16)6-5-8(10)3-1-2-4-11(17)18/h5-7H,1-4H2,(H,17,18). The number of hydrogen-bond acceptors (Lipinski definition) is 2. The van der Waals surface area contributed by atoms with E-state index in [-0.39, 0.29) is 17.2 Å². The number of ether oxygens (including phenoxy) is 1. The summed E-state index contributed by atoms with van der Waals surface area (Å²) in [7, 11) is 0. The molecule has 0 fully saturated rings. The third kappa shape index (κ3) is 6.33. The zero-order valence-electron chi connectivity index (χ0n) is 9.84. The molecule has 0 aliphatic heterocycles. The highest BCUT2D eigenvalue weighted by atomic mass is 35.5. The number of aliphatic carboxylic acids is 1. The van der Waals surface area contributed by atoms with Gasteiger partial charge >= 0.3 is 12.3 Å². The van der Waals surface area contributed by atoms with E-state index >= 15 is 0 Å². The van der Waals surface area contributed by atoms with Crippen molar-refractivity contribution in [3.8, 4) is 5.75 Å². The molecule has 0 aliphatic rings. The van der Waals surface area contributed by atoms with Crippen molar-refractivity contribution in [3.63, 3.8) is 0 Å². The number of alkyl halides is 3. The lowest BCUT2D eigenvalue weighted by molar-refractivity contribution is -0.274. The van der Waals surface area contributed by atoms with E-state index in [1.54, 1.807) is 0 Å². The van der Waals surface area contributed by atoms with Crippen molar-refractivity contribution in [2.24, 2.45) is 0 Å². The van der Waals surface area contributed by atoms with Crippen molar-refractivity contribution < 1.29 is 27.8 Å². The Morgan fingerprint density at radius 1 is 1.32 bits per heavy atom. The van der Waals surface area contributed by atoms with Crippen LogP contribution in [0.15, 0.2) is 18.2 Å². The SMILES string of the molecule is O=C(O)CCCCc1ccc(OC(F)(F)F)cc1Cl. The summed E-state index contributed by atoms with van der Waals surface area (Å²) < 4.78 is 39.7. The Bertz CT molecular complexity index is 446. The van der Waals surface area contributed by atoms with Gasteiger partial charge in [0.1, 0.15) is 5.75 Å². The van der Waals surface area contributed by atoms with Crippen molar-refractivity contribution in [3.05, 3.63) is 28.8 Å². The summed E-state index contributed by atoms with van der Waals surface area (Å²) in [6, 6.07) is 3.73. The van der Waals surface area contributed by atoms with Crippen LogP contribution < -0.4 is 4.74 Å². The zero-order valence-corrected chi connectivity index (χ0v) is 10.6. The molecule has 0 radical (unpaired) electrons. The minimum absolute atomic E-state index is 0.0624. The van der Waals surface area contributed by atoms with Gasteiger partial charge in [-0.25, -0.2) is 0 Å². The summed E-state index contributed by atoms with van der Waals surface area (Å²) >= 11 is 5.84. The maximum absolute atomic E-state index is 12.0. The number of rotatable bonds is 6. The molecule has 106 valence electrons. The lowest BCUT2D eigenvalue weighted by Crippen LogP contribution is -2.17. The fraction of sp³-hybridized carbons (Fsp3) is 0.417. The van der Waals surface area contributed by atoms with E-state index in [0.717, 1.165) is 6.07 Å². The largest absolute Gasteiger partial charge is 0.573 e. The van der Waals surface area contributed by atoms with Gasteiger partial charge < -0.3 is 9.84 Å². The molecule has 19 heavy (non-hydrogen) atoms. The van der Waals surface area contributed by atoms with Gasteiger partial charge in [-0.15, -0.1) is 13.2 Å². The highest BCUT2D eigenvalue weighted by molar-refractivity contribution is 6.31. The number of carboxylic acids is 1. The van der Waals surface area contributed by atoms with E-state index < -0.39 is 12.3 Å². The molecule has 0 amide bonds. The third-order valence-corrected chi connectivity index (χ3v) is 2.70. The first kappa shape index (κ1) is 15.6. The van der Waals surface area contributed by atoms with Gasteiger partial charge in [0.15, 0.2) is 0 Å². The first-order valence-electron chi connectivity index (χ1n) is 5.54. The van der Waals surface area contributed by atoms with Crippen LogP contribution in [-0.2, 0) is 11.2 Å². The van der Waals surface area contributed by atoms with Gasteiger partial charge in [-0.05, 0) is 37.0 Å². The van der Waals surface area contributed by atoms with Crippen molar-refractivity contribution in [2.75, 3.05) is 0 Å². The van der Waals surface area contributed by atoms with E-state index in [2.05, 4.69) is 4.74 Å². The number of hydrogen-bond donors (Lipinski definition) is 1. The first-order chi connectivity index (χ1) is 8.78.